The molecule has 1 atom stereocenters. The quantitative estimate of drug-likeness (QED) is 0.660. The summed E-state index contributed by atoms with van der Waals surface area (Å²) >= 11 is 1.13. The van der Waals surface area contributed by atoms with Gasteiger partial charge in [-0.15, -0.1) is 11.3 Å². The first-order valence-corrected chi connectivity index (χ1v) is 11.3. The number of esters is 1. The van der Waals surface area contributed by atoms with Crippen molar-refractivity contribution in [1.82, 2.24) is 9.29 Å². The van der Waals surface area contributed by atoms with Crippen molar-refractivity contribution < 1.29 is 27.1 Å². The fourth-order valence-electron chi connectivity index (χ4n) is 3.06. The molecule has 1 N–H and O–H groups in total. The highest BCUT2D eigenvalue weighted by Gasteiger charge is 2.40. The zero-order valence-electron chi connectivity index (χ0n) is 15.6. The zero-order chi connectivity index (χ0) is 21.0. The summed E-state index contributed by atoms with van der Waals surface area (Å²) in [6, 6.07) is 4.12. The average molecular weight is 442 g/mol. The van der Waals surface area contributed by atoms with Crippen molar-refractivity contribution in [1.29, 1.82) is 0 Å². The second kappa shape index (κ2) is 8.97. The van der Waals surface area contributed by atoms with E-state index >= 15 is 0 Å². The minimum Gasteiger partial charge on any atom is -0.466 e. The maximum absolute atomic E-state index is 14.0. The van der Waals surface area contributed by atoms with Crippen molar-refractivity contribution in [2.75, 3.05) is 18.5 Å². The number of carbonyl (C=O) groups is 2. The molecular formula is C18H20FN3O5S2. The number of hydrogen-bond acceptors (Lipinski definition) is 7. The lowest BCUT2D eigenvalue weighted by Crippen LogP contribution is -2.43. The average Bonchev–Trinajstić information content (AvgIpc) is 3.32. The maximum atomic E-state index is 14.0. The van der Waals surface area contributed by atoms with Crippen molar-refractivity contribution in [3.05, 3.63) is 41.2 Å². The minimum atomic E-state index is -4.15. The molecule has 1 aromatic carbocycles. The number of carbonyl (C=O) groups excluding carboxylic acids is 2. The SMILES string of the molecule is CCOC(=O)Cc1csc(NC(=O)C2CCCN2S(=O)(=O)c2ccccc2F)n1. The minimum absolute atomic E-state index is 0.0164. The van der Waals surface area contributed by atoms with Crippen LogP contribution in [0, 0.1) is 5.82 Å². The smallest absolute Gasteiger partial charge is 0.311 e. The molecule has 3 rings (SSSR count). The van der Waals surface area contributed by atoms with Crippen LogP contribution in [0.4, 0.5) is 9.52 Å². The lowest BCUT2D eigenvalue weighted by molar-refractivity contribution is -0.142. The van der Waals surface area contributed by atoms with E-state index in [1.165, 1.54) is 18.2 Å². The summed E-state index contributed by atoms with van der Waals surface area (Å²) in [6.07, 6.45) is 0.787. The molecular weight excluding hydrogens is 421 g/mol. The van der Waals surface area contributed by atoms with Crippen LogP contribution in [0.1, 0.15) is 25.5 Å². The standard InChI is InChI=1S/C18H20FN3O5S2/c1-2-27-16(23)10-12-11-28-18(20-12)21-17(24)14-7-5-9-22(14)29(25,26)15-8-4-3-6-13(15)19/h3-4,6,8,11,14H,2,5,7,9-10H2,1H3,(H,20,21,24). The predicted molar refractivity (Wildman–Crippen MR) is 104 cm³/mol. The summed E-state index contributed by atoms with van der Waals surface area (Å²) in [5, 5.41) is 4.47. The molecule has 156 valence electrons. The monoisotopic (exact) mass is 441 g/mol. The Hall–Kier alpha value is -2.37. The summed E-state index contributed by atoms with van der Waals surface area (Å²) in [7, 11) is -4.15. The highest BCUT2D eigenvalue weighted by molar-refractivity contribution is 7.89. The fraction of sp³-hybridized carbons (Fsp3) is 0.389. The first-order valence-electron chi connectivity index (χ1n) is 9.00. The van der Waals surface area contributed by atoms with E-state index in [0.717, 1.165) is 21.7 Å². The Bertz CT molecular complexity index is 1010. The van der Waals surface area contributed by atoms with Crippen LogP contribution in [0.3, 0.4) is 0 Å². The number of thiazole rings is 1. The van der Waals surface area contributed by atoms with Crippen LogP contribution < -0.4 is 5.32 Å². The third-order valence-corrected chi connectivity index (χ3v) is 7.09. The Balaban J connectivity index is 1.72. The fourth-order valence-corrected chi connectivity index (χ4v) is 5.50. The van der Waals surface area contributed by atoms with E-state index in [4.69, 9.17) is 4.74 Å². The van der Waals surface area contributed by atoms with Crippen molar-refractivity contribution in [2.24, 2.45) is 0 Å². The summed E-state index contributed by atoms with van der Waals surface area (Å²) in [5.74, 6) is -1.82. The molecule has 0 bridgehead atoms. The Kier molecular flexibility index (Phi) is 6.60. The van der Waals surface area contributed by atoms with Gasteiger partial charge in [-0.25, -0.2) is 17.8 Å². The largest absolute Gasteiger partial charge is 0.466 e. The van der Waals surface area contributed by atoms with Gasteiger partial charge in [0.05, 0.1) is 18.7 Å². The summed E-state index contributed by atoms with van der Waals surface area (Å²) < 4.78 is 45.6. The lowest BCUT2D eigenvalue weighted by atomic mass is 10.2. The number of benzene rings is 1. The van der Waals surface area contributed by atoms with E-state index in [1.807, 2.05) is 0 Å². The molecule has 1 amide bonds. The van der Waals surface area contributed by atoms with Gasteiger partial charge in [0.15, 0.2) is 5.13 Å². The lowest BCUT2D eigenvalue weighted by Gasteiger charge is -2.23. The van der Waals surface area contributed by atoms with Gasteiger partial charge in [0.25, 0.3) is 0 Å². The molecule has 0 saturated carbocycles. The van der Waals surface area contributed by atoms with Gasteiger partial charge in [0.2, 0.25) is 15.9 Å². The van der Waals surface area contributed by atoms with Gasteiger partial charge in [-0.2, -0.15) is 4.31 Å². The van der Waals surface area contributed by atoms with Crippen LogP contribution in [0.15, 0.2) is 34.5 Å². The maximum Gasteiger partial charge on any atom is 0.311 e. The normalized spacial score (nSPS) is 17.2. The van der Waals surface area contributed by atoms with Crippen LogP contribution in [0.5, 0.6) is 0 Å². The van der Waals surface area contributed by atoms with Gasteiger partial charge in [0.1, 0.15) is 16.8 Å². The van der Waals surface area contributed by atoms with Crippen LogP contribution >= 0.6 is 11.3 Å². The molecule has 1 fully saturated rings. The van der Waals surface area contributed by atoms with Crippen LogP contribution in [-0.4, -0.2) is 48.8 Å². The van der Waals surface area contributed by atoms with E-state index in [2.05, 4.69) is 10.3 Å². The van der Waals surface area contributed by atoms with Crippen molar-refractivity contribution in [3.8, 4) is 0 Å². The number of rotatable bonds is 7. The summed E-state index contributed by atoms with van der Waals surface area (Å²) in [6.45, 7) is 2.09. The number of anilines is 1. The van der Waals surface area contributed by atoms with E-state index in [-0.39, 0.29) is 24.7 Å². The molecule has 2 heterocycles. The number of nitrogens with zero attached hydrogens (tertiary/aromatic N) is 2. The number of ether oxygens (including phenoxy) is 1. The topological polar surface area (TPSA) is 106 Å². The second-order valence-electron chi connectivity index (χ2n) is 6.32. The van der Waals surface area contributed by atoms with Crippen LogP contribution in [0.2, 0.25) is 0 Å². The van der Waals surface area contributed by atoms with Crippen LogP contribution in [0.25, 0.3) is 0 Å². The Morgan fingerprint density at radius 3 is 2.86 bits per heavy atom. The molecule has 1 aliphatic heterocycles. The third kappa shape index (κ3) is 4.80. The molecule has 1 saturated heterocycles. The molecule has 8 nitrogen and oxygen atoms in total. The van der Waals surface area contributed by atoms with E-state index in [9.17, 15) is 22.4 Å². The zero-order valence-corrected chi connectivity index (χ0v) is 17.3. The number of nitrogens with one attached hydrogen (secondary N) is 1. The van der Waals surface area contributed by atoms with Crippen LogP contribution in [-0.2, 0) is 30.8 Å². The summed E-state index contributed by atoms with van der Waals surface area (Å²) in [5.41, 5.74) is 0.450. The van der Waals surface area contributed by atoms with Crippen molar-refractivity contribution in [2.45, 2.75) is 37.1 Å². The van der Waals surface area contributed by atoms with E-state index in [0.29, 0.717) is 18.5 Å². The molecule has 1 aromatic heterocycles. The first-order chi connectivity index (χ1) is 13.8. The van der Waals surface area contributed by atoms with Gasteiger partial charge in [-0.3, -0.25) is 9.59 Å². The predicted octanol–water partition coefficient (Wildman–Crippen LogP) is 2.18. The van der Waals surface area contributed by atoms with Crippen molar-refractivity contribution in [3.63, 3.8) is 0 Å². The van der Waals surface area contributed by atoms with Gasteiger partial charge in [-0.05, 0) is 31.9 Å². The third-order valence-electron chi connectivity index (χ3n) is 4.34. The highest BCUT2D eigenvalue weighted by Crippen LogP contribution is 2.28. The first kappa shape index (κ1) is 21.3. The van der Waals surface area contributed by atoms with Crippen molar-refractivity contribution >= 4 is 38.4 Å². The molecule has 1 unspecified atom stereocenters. The molecule has 0 spiro atoms. The molecule has 0 aliphatic carbocycles. The van der Waals surface area contributed by atoms with E-state index < -0.39 is 38.7 Å². The Labute approximate surface area is 171 Å². The molecule has 1 aliphatic rings. The molecule has 2 aromatic rings. The van der Waals surface area contributed by atoms with Gasteiger partial charge in [-0.1, -0.05) is 12.1 Å². The second-order valence-corrected chi connectivity index (χ2v) is 9.04. The number of hydrogen-bond donors (Lipinski definition) is 1. The number of halogens is 1. The number of sulfonamides is 1. The van der Waals surface area contributed by atoms with Gasteiger partial charge < -0.3 is 10.1 Å². The van der Waals surface area contributed by atoms with Gasteiger partial charge >= 0.3 is 5.97 Å². The number of amides is 1. The summed E-state index contributed by atoms with van der Waals surface area (Å²) in [4.78, 5) is 27.9. The van der Waals surface area contributed by atoms with E-state index in [1.54, 1.807) is 12.3 Å². The van der Waals surface area contributed by atoms with Gasteiger partial charge in [0, 0.05) is 11.9 Å². The molecule has 11 heteroatoms. The number of aromatic nitrogens is 1. The molecule has 29 heavy (non-hydrogen) atoms. The highest BCUT2D eigenvalue weighted by atomic mass is 32.2. The Morgan fingerprint density at radius 2 is 2.14 bits per heavy atom. The Morgan fingerprint density at radius 1 is 1.38 bits per heavy atom. The molecule has 0 radical (unpaired) electrons.